The summed E-state index contributed by atoms with van der Waals surface area (Å²) in [6, 6.07) is 3.00. The average molecular weight is 414 g/mol. The van der Waals surface area contributed by atoms with Crippen LogP contribution in [-0.2, 0) is 4.79 Å². The third-order valence-corrected chi connectivity index (χ3v) is 9.28. The minimum Gasteiger partial charge on any atom is -0.504 e. The Labute approximate surface area is 175 Å². The quantitative estimate of drug-likeness (QED) is 0.651. The molecule has 0 aliphatic heterocycles. The van der Waals surface area contributed by atoms with E-state index in [1.54, 1.807) is 13.0 Å². The molecule has 30 heavy (non-hydrogen) atoms. The maximum Gasteiger partial charge on any atom is 0.335 e. The highest BCUT2D eigenvalue weighted by Crippen LogP contribution is 2.68. The molecule has 4 aliphatic carbocycles. The zero-order chi connectivity index (χ0) is 21.5. The van der Waals surface area contributed by atoms with Gasteiger partial charge < -0.3 is 19.7 Å². The summed E-state index contributed by atoms with van der Waals surface area (Å²) in [5.41, 5.74) is -1.84. The van der Waals surface area contributed by atoms with Crippen molar-refractivity contribution >= 4 is 5.78 Å². The SMILES string of the molecule is C[C@@]12C(=O)C(O)=C3[C@H](CC[C@H]4C[C@H](O)CC[C@]34C)[C@]1(O)CC[C@@H]2c1ccc(=O)oc1. The number of carbonyl (C=O) groups excluding carboxylic acids is 1. The highest BCUT2D eigenvalue weighted by atomic mass is 16.4. The maximum atomic E-state index is 13.7. The molecule has 0 unspecified atom stereocenters. The standard InChI is InChI=1S/C24H30O6/c1-22-9-7-15(25)11-14(22)4-5-17-19(22)20(27)21(28)23(2)16(8-10-24(17,23)29)13-3-6-18(26)30-12-13/h3,6,12,14-17,25,27,29H,4-5,7-11H2,1-2H3/t14-,15+,16+,17-,22-,23+,24+/m0/s1. The first-order valence-corrected chi connectivity index (χ1v) is 11.1. The maximum absolute atomic E-state index is 13.7. The molecular formula is C24H30O6. The highest BCUT2D eigenvalue weighted by molar-refractivity contribution is 6.02. The van der Waals surface area contributed by atoms with Gasteiger partial charge in [0.2, 0.25) is 5.78 Å². The zero-order valence-corrected chi connectivity index (χ0v) is 17.6. The van der Waals surface area contributed by atoms with Crippen LogP contribution in [-0.4, -0.2) is 32.8 Å². The average Bonchev–Trinajstić information content (AvgIpc) is 3.00. The van der Waals surface area contributed by atoms with E-state index in [-0.39, 0.29) is 35.0 Å². The predicted molar refractivity (Wildman–Crippen MR) is 109 cm³/mol. The first kappa shape index (κ1) is 20.0. The molecule has 3 fully saturated rings. The van der Waals surface area contributed by atoms with Crippen LogP contribution in [0, 0.1) is 22.7 Å². The van der Waals surface area contributed by atoms with Crippen LogP contribution < -0.4 is 5.63 Å². The van der Waals surface area contributed by atoms with Gasteiger partial charge in [0.25, 0.3) is 0 Å². The summed E-state index contributed by atoms with van der Waals surface area (Å²) in [5.74, 6) is -0.992. The fourth-order valence-electron chi connectivity index (χ4n) is 7.53. The van der Waals surface area contributed by atoms with Gasteiger partial charge in [-0.05, 0) is 80.4 Å². The lowest BCUT2D eigenvalue weighted by Gasteiger charge is -2.59. The Morgan fingerprint density at radius 3 is 2.50 bits per heavy atom. The van der Waals surface area contributed by atoms with Crippen LogP contribution in [0.15, 0.2) is 38.9 Å². The van der Waals surface area contributed by atoms with Crippen LogP contribution in [0.2, 0.25) is 0 Å². The smallest absolute Gasteiger partial charge is 0.335 e. The van der Waals surface area contributed by atoms with E-state index in [1.807, 2.05) is 0 Å². The van der Waals surface area contributed by atoms with Gasteiger partial charge in [-0.3, -0.25) is 4.79 Å². The van der Waals surface area contributed by atoms with Crippen molar-refractivity contribution in [3.63, 3.8) is 0 Å². The van der Waals surface area contributed by atoms with E-state index >= 15 is 0 Å². The first-order chi connectivity index (χ1) is 14.1. The number of fused-ring (bicyclic) bond motifs is 5. The Morgan fingerprint density at radius 1 is 1.03 bits per heavy atom. The molecule has 1 aromatic rings. The molecule has 1 aromatic heterocycles. The number of carbonyl (C=O) groups is 1. The minimum atomic E-state index is -1.25. The summed E-state index contributed by atoms with van der Waals surface area (Å²) in [5, 5.41) is 33.5. The third kappa shape index (κ3) is 2.32. The Morgan fingerprint density at radius 2 is 1.80 bits per heavy atom. The molecule has 1 heterocycles. The van der Waals surface area contributed by atoms with Crippen LogP contribution in [0.5, 0.6) is 0 Å². The second kappa shape index (κ2) is 6.30. The molecule has 0 bridgehead atoms. The monoisotopic (exact) mass is 414 g/mol. The van der Waals surface area contributed by atoms with Crippen LogP contribution >= 0.6 is 0 Å². The van der Waals surface area contributed by atoms with E-state index in [2.05, 4.69) is 6.92 Å². The molecule has 0 radical (unpaired) electrons. The molecular weight excluding hydrogens is 384 g/mol. The van der Waals surface area contributed by atoms with Gasteiger partial charge in [-0.15, -0.1) is 0 Å². The van der Waals surface area contributed by atoms with Crippen molar-refractivity contribution in [1.29, 1.82) is 0 Å². The second-order valence-electron chi connectivity index (χ2n) is 10.4. The number of hydrogen-bond donors (Lipinski definition) is 3. The molecule has 0 aromatic carbocycles. The number of ketones is 1. The van der Waals surface area contributed by atoms with E-state index < -0.39 is 22.4 Å². The summed E-state index contributed by atoms with van der Waals surface area (Å²) in [6.45, 7) is 3.86. The van der Waals surface area contributed by atoms with Gasteiger partial charge in [0.1, 0.15) is 0 Å². The van der Waals surface area contributed by atoms with Gasteiger partial charge in [0.05, 0.1) is 23.4 Å². The van der Waals surface area contributed by atoms with Gasteiger partial charge in [0.15, 0.2) is 5.76 Å². The fourth-order valence-corrected chi connectivity index (χ4v) is 7.53. The first-order valence-electron chi connectivity index (χ1n) is 11.1. The minimum absolute atomic E-state index is 0.181. The van der Waals surface area contributed by atoms with E-state index in [4.69, 9.17) is 4.42 Å². The summed E-state index contributed by atoms with van der Waals surface area (Å²) >= 11 is 0. The van der Waals surface area contributed by atoms with Crippen molar-refractivity contribution in [2.75, 3.05) is 0 Å². The number of hydrogen-bond acceptors (Lipinski definition) is 6. The molecule has 0 spiro atoms. The lowest BCUT2D eigenvalue weighted by atomic mass is 9.46. The third-order valence-electron chi connectivity index (χ3n) is 9.28. The Bertz CT molecular complexity index is 973. The summed E-state index contributed by atoms with van der Waals surface area (Å²) in [4.78, 5) is 25.1. The largest absolute Gasteiger partial charge is 0.504 e. The van der Waals surface area contributed by atoms with E-state index in [0.29, 0.717) is 44.1 Å². The van der Waals surface area contributed by atoms with Crippen molar-refractivity contribution in [2.45, 2.75) is 76.4 Å². The predicted octanol–water partition coefficient (Wildman–Crippen LogP) is 3.23. The van der Waals surface area contributed by atoms with Crippen molar-refractivity contribution in [3.8, 4) is 0 Å². The molecule has 162 valence electrons. The van der Waals surface area contributed by atoms with Crippen LogP contribution in [0.25, 0.3) is 0 Å². The van der Waals surface area contributed by atoms with E-state index in [9.17, 15) is 24.9 Å². The van der Waals surface area contributed by atoms with E-state index in [1.165, 1.54) is 12.3 Å². The molecule has 5 rings (SSSR count). The van der Waals surface area contributed by atoms with Crippen molar-refractivity contribution < 1.29 is 24.5 Å². The number of aliphatic hydroxyl groups excluding tert-OH is 2. The summed E-state index contributed by atoms with van der Waals surface area (Å²) < 4.78 is 5.05. The van der Waals surface area contributed by atoms with E-state index in [0.717, 1.165) is 12.0 Å². The molecule has 4 aliphatic rings. The Balaban J connectivity index is 1.64. The zero-order valence-electron chi connectivity index (χ0n) is 17.6. The fraction of sp³-hybridized carbons (Fsp3) is 0.667. The van der Waals surface area contributed by atoms with Crippen LogP contribution in [0.3, 0.4) is 0 Å². The topological polar surface area (TPSA) is 108 Å². The number of rotatable bonds is 1. The number of Topliss-reactive ketones (excluding diaryl/α,β-unsaturated/α-hetero) is 1. The summed E-state index contributed by atoms with van der Waals surface area (Å²) in [6.07, 6.45) is 5.69. The van der Waals surface area contributed by atoms with Gasteiger partial charge in [-0.1, -0.05) is 6.92 Å². The molecule has 0 saturated heterocycles. The Hall–Kier alpha value is -1.92. The van der Waals surface area contributed by atoms with Crippen molar-refractivity contribution in [3.05, 3.63) is 45.7 Å². The van der Waals surface area contributed by atoms with Crippen LogP contribution in [0.1, 0.15) is 70.3 Å². The second-order valence-corrected chi connectivity index (χ2v) is 10.4. The molecule has 3 N–H and O–H groups in total. The van der Waals surface area contributed by atoms with Gasteiger partial charge in [0, 0.05) is 17.9 Å². The van der Waals surface area contributed by atoms with Crippen molar-refractivity contribution in [1.82, 2.24) is 0 Å². The molecule has 6 heteroatoms. The van der Waals surface area contributed by atoms with Crippen LogP contribution in [0.4, 0.5) is 0 Å². The molecule has 6 nitrogen and oxygen atoms in total. The lowest BCUT2D eigenvalue weighted by molar-refractivity contribution is -0.161. The summed E-state index contributed by atoms with van der Waals surface area (Å²) in [7, 11) is 0. The molecule has 0 amide bonds. The number of allylic oxidation sites excluding steroid dienone is 1. The normalized spacial score (nSPS) is 45.7. The molecule has 3 saturated carbocycles. The van der Waals surface area contributed by atoms with Gasteiger partial charge >= 0.3 is 5.63 Å². The molecule has 7 atom stereocenters. The van der Waals surface area contributed by atoms with Crippen molar-refractivity contribution in [2.24, 2.45) is 22.7 Å². The highest BCUT2D eigenvalue weighted by Gasteiger charge is 2.70. The Kier molecular flexibility index (Phi) is 4.20. The van der Waals surface area contributed by atoms with Gasteiger partial charge in [-0.2, -0.15) is 0 Å². The number of aliphatic hydroxyl groups is 3. The lowest BCUT2D eigenvalue weighted by Crippen LogP contribution is -2.62. The van der Waals surface area contributed by atoms with Gasteiger partial charge in [-0.25, -0.2) is 4.79 Å².